The zero-order valence-corrected chi connectivity index (χ0v) is 11.8. The predicted octanol–water partition coefficient (Wildman–Crippen LogP) is 2.75. The minimum absolute atomic E-state index is 0.271. The topological polar surface area (TPSA) is 52.7 Å². The van der Waals surface area contributed by atoms with Crippen LogP contribution in [0.4, 0.5) is 10.2 Å². The summed E-state index contributed by atoms with van der Waals surface area (Å²) >= 11 is 3.25. The van der Waals surface area contributed by atoms with E-state index in [-0.39, 0.29) is 5.82 Å². The lowest BCUT2D eigenvalue weighted by atomic mass is 10.1. The largest absolute Gasteiger partial charge is 0.365 e. The molecule has 3 rings (SSSR count). The zero-order chi connectivity index (χ0) is 13.2. The fraction of sp³-hybridized carbons (Fsp3) is 0.308. The van der Waals surface area contributed by atoms with Crippen molar-refractivity contribution in [1.82, 2.24) is 15.5 Å². The molecule has 19 heavy (non-hydrogen) atoms. The molecule has 1 aromatic carbocycles. The fourth-order valence-electron chi connectivity index (χ4n) is 2.23. The monoisotopic (exact) mass is 324 g/mol. The van der Waals surface area contributed by atoms with Gasteiger partial charge in [0.25, 0.3) is 0 Å². The number of hydrogen-bond donors (Lipinski definition) is 3. The average molecular weight is 325 g/mol. The smallest absolute Gasteiger partial charge is 0.148 e. The quantitative estimate of drug-likeness (QED) is 0.813. The minimum Gasteiger partial charge on any atom is -0.365 e. The molecule has 100 valence electrons. The molecule has 1 saturated heterocycles. The summed E-state index contributed by atoms with van der Waals surface area (Å²) in [4.78, 5) is 0. The van der Waals surface area contributed by atoms with E-state index < -0.39 is 0 Å². The third-order valence-electron chi connectivity index (χ3n) is 3.21. The molecule has 2 heterocycles. The third kappa shape index (κ3) is 2.79. The van der Waals surface area contributed by atoms with E-state index in [4.69, 9.17) is 0 Å². The number of benzene rings is 1. The molecule has 2 aromatic rings. The predicted molar refractivity (Wildman–Crippen MR) is 76.6 cm³/mol. The highest BCUT2D eigenvalue weighted by Gasteiger charge is 2.16. The number of rotatable bonds is 3. The Bertz CT molecular complexity index is 578. The standard InChI is InChI=1S/C13H14BrFN4/c14-8-1-2-10(11(15)5-8)12-6-13(19-18-12)17-9-3-4-16-7-9/h1-2,5-6,9,16H,3-4,7H2,(H2,17,18,19). The lowest BCUT2D eigenvalue weighted by molar-refractivity contribution is 0.630. The van der Waals surface area contributed by atoms with Crippen LogP contribution >= 0.6 is 15.9 Å². The highest BCUT2D eigenvalue weighted by molar-refractivity contribution is 9.10. The van der Waals surface area contributed by atoms with Crippen LogP contribution in [0.1, 0.15) is 6.42 Å². The normalized spacial score (nSPS) is 18.7. The van der Waals surface area contributed by atoms with Gasteiger partial charge in [-0.25, -0.2) is 4.39 Å². The molecular formula is C13H14BrFN4. The van der Waals surface area contributed by atoms with Crippen LogP contribution in [-0.4, -0.2) is 29.3 Å². The number of halogens is 2. The molecule has 1 unspecified atom stereocenters. The number of nitrogens with zero attached hydrogens (tertiary/aromatic N) is 1. The zero-order valence-electron chi connectivity index (χ0n) is 10.2. The molecule has 0 radical (unpaired) electrons. The van der Waals surface area contributed by atoms with Gasteiger partial charge in [0.15, 0.2) is 0 Å². The maximum Gasteiger partial charge on any atom is 0.148 e. The summed E-state index contributed by atoms with van der Waals surface area (Å²) in [5, 5.41) is 13.7. The van der Waals surface area contributed by atoms with Gasteiger partial charge in [0.2, 0.25) is 0 Å². The molecule has 0 amide bonds. The van der Waals surface area contributed by atoms with Gasteiger partial charge in [-0.2, -0.15) is 5.10 Å². The molecular weight excluding hydrogens is 311 g/mol. The van der Waals surface area contributed by atoms with Crippen molar-refractivity contribution in [1.29, 1.82) is 0 Å². The molecule has 1 aliphatic heterocycles. The van der Waals surface area contributed by atoms with Crippen LogP contribution < -0.4 is 10.6 Å². The number of nitrogens with one attached hydrogen (secondary N) is 3. The van der Waals surface area contributed by atoms with Gasteiger partial charge in [0.05, 0.1) is 5.69 Å². The van der Waals surface area contributed by atoms with Crippen LogP contribution in [0.5, 0.6) is 0 Å². The minimum atomic E-state index is -0.271. The number of hydrogen-bond acceptors (Lipinski definition) is 3. The first-order valence-corrected chi connectivity index (χ1v) is 7.00. The van der Waals surface area contributed by atoms with Gasteiger partial charge in [0, 0.05) is 28.7 Å². The average Bonchev–Trinajstić information content (AvgIpc) is 3.01. The maximum absolute atomic E-state index is 13.8. The lowest BCUT2D eigenvalue weighted by Crippen LogP contribution is -2.22. The Morgan fingerprint density at radius 2 is 2.26 bits per heavy atom. The Labute approximate surface area is 118 Å². The number of aromatic amines is 1. The fourth-order valence-corrected chi connectivity index (χ4v) is 2.56. The van der Waals surface area contributed by atoms with Gasteiger partial charge >= 0.3 is 0 Å². The molecule has 1 fully saturated rings. The summed E-state index contributed by atoms with van der Waals surface area (Å²) in [5.41, 5.74) is 1.20. The van der Waals surface area contributed by atoms with E-state index in [2.05, 4.69) is 36.8 Å². The molecule has 0 spiro atoms. The van der Waals surface area contributed by atoms with Gasteiger partial charge in [-0.1, -0.05) is 15.9 Å². The van der Waals surface area contributed by atoms with Crippen molar-refractivity contribution >= 4 is 21.7 Å². The van der Waals surface area contributed by atoms with Crippen molar-refractivity contribution in [2.45, 2.75) is 12.5 Å². The highest BCUT2D eigenvalue weighted by Crippen LogP contribution is 2.25. The van der Waals surface area contributed by atoms with Crippen molar-refractivity contribution in [2.24, 2.45) is 0 Å². The van der Waals surface area contributed by atoms with Crippen molar-refractivity contribution in [3.8, 4) is 11.3 Å². The van der Waals surface area contributed by atoms with E-state index in [1.807, 2.05) is 12.1 Å². The van der Waals surface area contributed by atoms with Crippen molar-refractivity contribution < 1.29 is 4.39 Å². The summed E-state index contributed by atoms with van der Waals surface area (Å²) in [6, 6.07) is 7.22. The molecule has 0 bridgehead atoms. The Kier molecular flexibility index (Phi) is 3.52. The Hall–Kier alpha value is -1.40. The summed E-state index contributed by atoms with van der Waals surface area (Å²) in [6.45, 7) is 1.96. The van der Waals surface area contributed by atoms with E-state index in [1.54, 1.807) is 6.07 Å². The second-order valence-corrected chi connectivity index (χ2v) is 5.54. The summed E-state index contributed by atoms with van der Waals surface area (Å²) < 4.78 is 14.6. The van der Waals surface area contributed by atoms with Crippen LogP contribution in [-0.2, 0) is 0 Å². The molecule has 1 aliphatic rings. The number of anilines is 1. The van der Waals surface area contributed by atoms with Crippen molar-refractivity contribution in [3.05, 3.63) is 34.6 Å². The highest BCUT2D eigenvalue weighted by atomic mass is 79.9. The van der Waals surface area contributed by atoms with E-state index in [0.717, 1.165) is 29.8 Å². The Balaban J connectivity index is 1.80. The van der Waals surface area contributed by atoms with Crippen molar-refractivity contribution in [2.75, 3.05) is 18.4 Å². The van der Waals surface area contributed by atoms with Gasteiger partial charge in [-0.05, 0) is 31.2 Å². The Morgan fingerprint density at radius 1 is 1.37 bits per heavy atom. The summed E-state index contributed by atoms with van der Waals surface area (Å²) in [7, 11) is 0. The maximum atomic E-state index is 13.8. The van der Waals surface area contributed by atoms with E-state index >= 15 is 0 Å². The van der Waals surface area contributed by atoms with Crippen LogP contribution in [0.15, 0.2) is 28.7 Å². The van der Waals surface area contributed by atoms with Gasteiger partial charge in [0.1, 0.15) is 11.6 Å². The first kappa shape index (κ1) is 12.6. The first-order valence-electron chi connectivity index (χ1n) is 6.20. The summed E-state index contributed by atoms with van der Waals surface area (Å²) in [6.07, 6.45) is 1.08. The molecule has 0 saturated carbocycles. The van der Waals surface area contributed by atoms with E-state index in [0.29, 0.717) is 17.3 Å². The molecule has 1 aromatic heterocycles. The Morgan fingerprint density at radius 3 is 3.00 bits per heavy atom. The molecule has 3 N–H and O–H groups in total. The van der Waals surface area contributed by atoms with Crippen LogP contribution in [0, 0.1) is 5.82 Å². The second-order valence-electron chi connectivity index (χ2n) is 4.63. The number of H-pyrrole nitrogens is 1. The van der Waals surface area contributed by atoms with E-state index in [9.17, 15) is 4.39 Å². The van der Waals surface area contributed by atoms with Crippen LogP contribution in [0.25, 0.3) is 11.3 Å². The van der Waals surface area contributed by atoms with Crippen molar-refractivity contribution in [3.63, 3.8) is 0 Å². The van der Waals surface area contributed by atoms with Crippen LogP contribution in [0.2, 0.25) is 0 Å². The van der Waals surface area contributed by atoms with Gasteiger partial charge in [-0.3, -0.25) is 5.10 Å². The van der Waals surface area contributed by atoms with E-state index in [1.165, 1.54) is 6.07 Å². The third-order valence-corrected chi connectivity index (χ3v) is 3.70. The van der Waals surface area contributed by atoms with Gasteiger partial charge in [-0.15, -0.1) is 0 Å². The molecule has 6 heteroatoms. The van der Waals surface area contributed by atoms with Gasteiger partial charge < -0.3 is 10.6 Å². The SMILES string of the molecule is Fc1cc(Br)ccc1-c1cc(NC2CCNC2)n[nH]1. The molecule has 1 atom stereocenters. The second kappa shape index (κ2) is 5.30. The number of aromatic nitrogens is 2. The molecule has 4 nitrogen and oxygen atoms in total. The molecule has 0 aliphatic carbocycles. The summed E-state index contributed by atoms with van der Waals surface area (Å²) in [5.74, 6) is 0.484. The first-order chi connectivity index (χ1) is 9.22. The lowest BCUT2D eigenvalue weighted by Gasteiger charge is -2.08. The van der Waals surface area contributed by atoms with Crippen LogP contribution in [0.3, 0.4) is 0 Å².